The van der Waals surface area contributed by atoms with Crippen LogP contribution in [0.5, 0.6) is 0 Å². The summed E-state index contributed by atoms with van der Waals surface area (Å²) < 4.78 is 2.19. The Hall–Kier alpha value is -1.55. The van der Waals surface area contributed by atoms with Gasteiger partial charge in [-0.15, -0.1) is 0 Å². The summed E-state index contributed by atoms with van der Waals surface area (Å²) in [5.74, 6) is 0.968. The topological polar surface area (TPSA) is 38.1 Å². The maximum Gasteiger partial charge on any atom is 0.110 e. The Morgan fingerprint density at radius 3 is 2.54 bits per heavy atom. The summed E-state index contributed by atoms with van der Waals surface area (Å²) in [7, 11) is 0. The Morgan fingerprint density at radius 2 is 1.83 bits per heavy atom. The van der Waals surface area contributed by atoms with Gasteiger partial charge >= 0.3 is 0 Å². The fraction of sp³-hybridized carbons (Fsp3) is 0.316. The lowest BCUT2D eigenvalue weighted by Gasteiger charge is -2.11. The van der Waals surface area contributed by atoms with Crippen molar-refractivity contribution in [1.29, 1.82) is 0 Å². The molecule has 0 spiro atoms. The van der Waals surface area contributed by atoms with Crippen molar-refractivity contribution < 1.29 is 5.11 Å². The lowest BCUT2D eigenvalue weighted by Crippen LogP contribution is -2.06. The second-order valence-electron chi connectivity index (χ2n) is 6.10. The summed E-state index contributed by atoms with van der Waals surface area (Å²) in [5, 5.41) is 10.5. The van der Waals surface area contributed by atoms with Crippen LogP contribution in [-0.2, 0) is 13.0 Å². The number of imidazole rings is 1. The highest BCUT2D eigenvalue weighted by Crippen LogP contribution is 2.26. The van der Waals surface area contributed by atoms with E-state index in [-0.39, 0.29) is 6.61 Å². The third-order valence-corrected chi connectivity index (χ3v) is 4.93. The molecule has 0 amide bonds. The Morgan fingerprint density at radius 1 is 1.08 bits per heavy atom. The molecule has 1 heterocycles. The van der Waals surface area contributed by atoms with Crippen LogP contribution >= 0.6 is 23.2 Å². The van der Waals surface area contributed by atoms with Crippen LogP contribution in [0.25, 0.3) is 11.0 Å². The number of benzene rings is 2. The van der Waals surface area contributed by atoms with E-state index in [4.69, 9.17) is 28.2 Å². The number of aryl methyl sites for hydroxylation is 3. The van der Waals surface area contributed by atoms with Crippen molar-refractivity contribution in [3.63, 3.8) is 0 Å². The number of fused-ring (bicyclic) bond motifs is 1. The van der Waals surface area contributed by atoms with Gasteiger partial charge in [0.1, 0.15) is 5.82 Å². The second-order valence-corrected chi connectivity index (χ2v) is 6.95. The number of aliphatic hydroxyl groups excluding tert-OH is 1. The summed E-state index contributed by atoms with van der Waals surface area (Å²) in [6.07, 6.45) is 1.42. The van der Waals surface area contributed by atoms with E-state index >= 15 is 0 Å². The molecular weight excluding hydrogens is 343 g/mol. The van der Waals surface area contributed by atoms with Crippen molar-refractivity contribution in [3.8, 4) is 0 Å². The van der Waals surface area contributed by atoms with Crippen molar-refractivity contribution >= 4 is 34.2 Å². The predicted octanol–water partition coefficient (Wildman–Crippen LogP) is 4.93. The monoisotopic (exact) mass is 362 g/mol. The van der Waals surface area contributed by atoms with Gasteiger partial charge in [0.2, 0.25) is 0 Å². The Kier molecular flexibility index (Phi) is 5.14. The molecule has 3 nitrogen and oxygen atoms in total. The van der Waals surface area contributed by atoms with Gasteiger partial charge in [0.25, 0.3) is 0 Å². The summed E-state index contributed by atoms with van der Waals surface area (Å²) in [6, 6.07) is 9.86. The minimum Gasteiger partial charge on any atom is -0.396 e. The molecule has 0 saturated carbocycles. The number of hydrogen-bond acceptors (Lipinski definition) is 2. The third-order valence-electron chi connectivity index (χ3n) is 4.34. The van der Waals surface area contributed by atoms with Crippen LogP contribution in [0.4, 0.5) is 0 Å². The standard InChI is InChI=1S/C19H20Cl2N2O/c1-12-8-17-18(9-13(12)2)23(19(22-17)4-3-7-24)11-14-5-6-15(20)10-16(14)21/h5-6,8-10,24H,3-4,7,11H2,1-2H3. The van der Waals surface area contributed by atoms with Gasteiger partial charge < -0.3 is 9.67 Å². The van der Waals surface area contributed by atoms with Gasteiger partial charge in [-0.3, -0.25) is 0 Å². The first-order valence-corrected chi connectivity index (χ1v) is 8.76. The van der Waals surface area contributed by atoms with Crippen molar-refractivity contribution in [2.24, 2.45) is 0 Å². The van der Waals surface area contributed by atoms with E-state index in [0.717, 1.165) is 28.8 Å². The molecule has 0 aliphatic heterocycles. The van der Waals surface area contributed by atoms with Crippen LogP contribution < -0.4 is 0 Å². The zero-order chi connectivity index (χ0) is 17.3. The molecular formula is C19H20Cl2N2O. The van der Waals surface area contributed by atoms with Crippen molar-refractivity contribution in [2.45, 2.75) is 33.2 Å². The van der Waals surface area contributed by atoms with E-state index in [1.165, 1.54) is 11.1 Å². The summed E-state index contributed by atoms with van der Waals surface area (Å²) in [4.78, 5) is 4.78. The molecule has 1 aromatic heterocycles. The molecule has 5 heteroatoms. The molecule has 2 aromatic carbocycles. The normalized spacial score (nSPS) is 11.4. The average Bonchev–Trinajstić information content (AvgIpc) is 2.85. The number of halogens is 2. The number of hydrogen-bond donors (Lipinski definition) is 1. The molecule has 0 bridgehead atoms. The zero-order valence-electron chi connectivity index (χ0n) is 13.8. The van der Waals surface area contributed by atoms with Crippen LogP contribution in [0.15, 0.2) is 30.3 Å². The molecule has 0 radical (unpaired) electrons. The first kappa shape index (κ1) is 17.3. The molecule has 24 heavy (non-hydrogen) atoms. The maximum atomic E-state index is 9.17. The number of nitrogens with zero attached hydrogens (tertiary/aromatic N) is 2. The predicted molar refractivity (Wildman–Crippen MR) is 100 cm³/mol. The zero-order valence-corrected chi connectivity index (χ0v) is 15.3. The highest BCUT2D eigenvalue weighted by atomic mass is 35.5. The van der Waals surface area contributed by atoms with Crippen LogP contribution in [-0.4, -0.2) is 21.3 Å². The lowest BCUT2D eigenvalue weighted by atomic mass is 10.1. The molecule has 126 valence electrons. The van der Waals surface area contributed by atoms with Crippen LogP contribution in [0.3, 0.4) is 0 Å². The van der Waals surface area contributed by atoms with Gasteiger partial charge in [0, 0.05) is 23.1 Å². The van der Waals surface area contributed by atoms with Crippen molar-refractivity contribution in [1.82, 2.24) is 9.55 Å². The molecule has 1 N–H and O–H groups in total. The number of aliphatic hydroxyl groups is 1. The SMILES string of the molecule is Cc1cc2nc(CCCO)n(Cc3ccc(Cl)cc3Cl)c2cc1C. The largest absolute Gasteiger partial charge is 0.396 e. The van der Waals surface area contributed by atoms with Crippen LogP contribution in [0, 0.1) is 13.8 Å². The third kappa shape index (κ3) is 3.44. The lowest BCUT2D eigenvalue weighted by molar-refractivity contribution is 0.287. The van der Waals surface area contributed by atoms with E-state index in [9.17, 15) is 5.11 Å². The molecule has 0 aliphatic rings. The van der Waals surface area contributed by atoms with Gasteiger partial charge in [-0.2, -0.15) is 0 Å². The van der Waals surface area contributed by atoms with Crippen LogP contribution in [0.2, 0.25) is 10.0 Å². The molecule has 0 saturated heterocycles. The van der Waals surface area contributed by atoms with Crippen molar-refractivity contribution in [3.05, 3.63) is 62.9 Å². The van der Waals surface area contributed by atoms with Gasteiger partial charge in [0.15, 0.2) is 0 Å². The minimum absolute atomic E-state index is 0.156. The Bertz CT molecular complexity index is 887. The number of aromatic nitrogens is 2. The quantitative estimate of drug-likeness (QED) is 0.698. The average molecular weight is 363 g/mol. The summed E-state index contributed by atoms with van der Waals surface area (Å²) in [6.45, 7) is 4.99. The Balaban J connectivity index is 2.10. The molecule has 0 aliphatic carbocycles. The number of rotatable bonds is 5. The first-order valence-electron chi connectivity index (χ1n) is 8.00. The highest BCUT2D eigenvalue weighted by molar-refractivity contribution is 6.35. The fourth-order valence-electron chi connectivity index (χ4n) is 2.85. The molecule has 3 rings (SSSR count). The van der Waals surface area contributed by atoms with Gasteiger partial charge in [-0.1, -0.05) is 29.3 Å². The van der Waals surface area contributed by atoms with Crippen LogP contribution in [0.1, 0.15) is 28.9 Å². The summed E-state index contributed by atoms with van der Waals surface area (Å²) >= 11 is 12.4. The van der Waals surface area contributed by atoms with E-state index in [1.54, 1.807) is 6.07 Å². The van der Waals surface area contributed by atoms with Gasteiger partial charge in [0.05, 0.1) is 17.6 Å². The van der Waals surface area contributed by atoms with E-state index in [1.807, 2.05) is 12.1 Å². The van der Waals surface area contributed by atoms with E-state index in [0.29, 0.717) is 23.0 Å². The highest BCUT2D eigenvalue weighted by Gasteiger charge is 2.13. The van der Waals surface area contributed by atoms with Gasteiger partial charge in [-0.05, 0) is 61.2 Å². The van der Waals surface area contributed by atoms with Crippen molar-refractivity contribution in [2.75, 3.05) is 6.61 Å². The van der Waals surface area contributed by atoms with E-state index < -0.39 is 0 Å². The van der Waals surface area contributed by atoms with Gasteiger partial charge in [-0.25, -0.2) is 4.98 Å². The fourth-order valence-corrected chi connectivity index (χ4v) is 3.32. The van der Waals surface area contributed by atoms with E-state index in [2.05, 4.69) is 30.5 Å². The molecule has 3 aromatic rings. The molecule has 0 fully saturated rings. The maximum absolute atomic E-state index is 9.17. The summed E-state index contributed by atoms with van der Waals surface area (Å²) in [5.41, 5.74) is 5.54. The minimum atomic E-state index is 0.156. The molecule has 0 unspecified atom stereocenters. The molecule has 0 atom stereocenters. The smallest absolute Gasteiger partial charge is 0.110 e. The first-order chi connectivity index (χ1) is 11.5. The Labute approximate surface area is 151 Å². The second kappa shape index (κ2) is 7.14.